The number of aromatic nitrogens is 3. The van der Waals surface area contributed by atoms with Crippen molar-refractivity contribution in [1.29, 1.82) is 0 Å². The van der Waals surface area contributed by atoms with Crippen molar-refractivity contribution >= 4 is 45.3 Å². The van der Waals surface area contributed by atoms with Gasteiger partial charge in [-0.15, -0.1) is 0 Å². The Labute approximate surface area is 151 Å². The molecule has 0 bridgehead atoms. The van der Waals surface area contributed by atoms with Gasteiger partial charge in [-0.2, -0.15) is 0 Å². The molecule has 5 nitrogen and oxygen atoms in total. The SMILES string of the molecule is COc1ccc(Cn2cc(I)c3nc(SC)ncc3c2=O)cc1. The summed E-state index contributed by atoms with van der Waals surface area (Å²) < 4.78 is 7.78. The molecule has 0 saturated heterocycles. The fraction of sp³-hybridized carbons (Fsp3) is 0.188. The molecule has 3 rings (SSSR count). The van der Waals surface area contributed by atoms with Crippen molar-refractivity contribution in [3.8, 4) is 5.75 Å². The summed E-state index contributed by atoms with van der Waals surface area (Å²) in [5, 5.41) is 1.21. The van der Waals surface area contributed by atoms with Gasteiger partial charge >= 0.3 is 0 Å². The molecule has 2 heterocycles. The molecule has 1 aromatic carbocycles. The topological polar surface area (TPSA) is 57.0 Å². The van der Waals surface area contributed by atoms with Crippen molar-refractivity contribution in [2.75, 3.05) is 13.4 Å². The van der Waals surface area contributed by atoms with Crippen LogP contribution in [0.25, 0.3) is 10.9 Å². The Morgan fingerprint density at radius 1 is 1.30 bits per heavy atom. The number of halogens is 1. The summed E-state index contributed by atoms with van der Waals surface area (Å²) >= 11 is 3.67. The third-order valence-corrected chi connectivity index (χ3v) is 4.80. The maximum Gasteiger partial charge on any atom is 0.261 e. The fourth-order valence-corrected chi connectivity index (χ4v) is 3.35. The van der Waals surface area contributed by atoms with Gasteiger partial charge in [0.15, 0.2) is 5.16 Å². The van der Waals surface area contributed by atoms with Crippen LogP contribution in [0.4, 0.5) is 0 Å². The minimum atomic E-state index is -0.0797. The summed E-state index contributed by atoms with van der Waals surface area (Å²) in [5.41, 5.74) is 1.66. The number of benzene rings is 1. The van der Waals surface area contributed by atoms with E-state index in [1.165, 1.54) is 11.8 Å². The zero-order valence-corrected chi connectivity index (χ0v) is 15.6. The first-order valence-corrected chi connectivity index (χ1v) is 9.15. The van der Waals surface area contributed by atoms with Crippen LogP contribution in [-0.4, -0.2) is 27.9 Å². The van der Waals surface area contributed by atoms with E-state index in [1.54, 1.807) is 17.9 Å². The van der Waals surface area contributed by atoms with E-state index in [2.05, 4.69) is 32.6 Å². The predicted octanol–water partition coefficient (Wildman–Crippen LogP) is 3.17. The first-order valence-electron chi connectivity index (χ1n) is 6.85. The molecule has 23 heavy (non-hydrogen) atoms. The fourth-order valence-electron chi connectivity index (χ4n) is 2.26. The third kappa shape index (κ3) is 3.35. The standard InChI is InChI=1S/C16H14IN3O2S/c1-22-11-5-3-10(4-6-11)8-20-9-13(17)14-12(15(20)21)7-18-16(19-14)23-2/h3-7,9H,8H2,1-2H3. The number of hydrogen-bond donors (Lipinski definition) is 0. The second kappa shape index (κ2) is 6.88. The molecule has 0 aliphatic heterocycles. The highest BCUT2D eigenvalue weighted by atomic mass is 127. The largest absolute Gasteiger partial charge is 0.497 e. The number of rotatable bonds is 4. The molecular weight excluding hydrogens is 425 g/mol. The minimum absolute atomic E-state index is 0.0797. The Kier molecular flexibility index (Phi) is 4.86. The van der Waals surface area contributed by atoms with E-state index in [9.17, 15) is 4.79 Å². The van der Waals surface area contributed by atoms with Gasteiger partial charge in [-0.05, 0) is 46.5 Å². The molecule has 7 heteroatoms. The Morgan fingerprint density at radius 2 is 2.04 bits per heavy atom. The molecule has 3 aromatic rings. The van der Waals surface area contributed by atoms with E-state index in [-0.39, 0.29) is 5.56 Å². The monoisotopic (exact) mass is 439 g/mol. The summed E-state index contributed by atoms with van der Waals surface area (Å²) in [5.74, 6) is 0.798. The van der Waals surface area contributed by atoms with Crippen LogP contribution >= 0.6 is 34.4 Å². The number of fused-ring (bicyclic) bond motifs is 1. The quantitative estimate of drug-likeness (QED) is 0.355. The van der Waals surface area contributed by atoms with Gasteiger partial charge in [-0.3, -0.25) is 4.79 Å². The van der Waals surface area contributed by atoms with Gasteiger partial charge < -0.3 is 9.30 Å². The summed E-state index contributed by atoms with van der Waals surface area (Å²) in [7, 11) is 1.63. The van der Waals surface area contributed by atoms with Gasteiger partial charge in [0, 0.05) is 12.4 Å². The molecular formula is C16H14IN3O2S. The van der Waals surface area contributed by atoms with Crippen molar-refractivity contribution in [1.82, 2.24) is 14.5 Å². The molecule has 0 saturated carbocycles. The van der Waals surface area contributed by atoms with Crippen LogP contribution in [-0.2, 0) is 6.54 Å². The number of hydrogen-bond acceptors (Lipinski definition) is 5. The lowest BCUT2D eigenvalue weighted by Gasteiger charge is -2.10. The molecule has 0 spiro atoms. The van der Waals surface area contributed by atoms with Crippen LogP contribution in [0.15, 0.2) is 46.6 Å². The van der Waals surface area contributed by atoms with Gasteiger partial charge in [-0.25, -0.2) is 9.97 Å². The van der Waals surface area contributed by atoms with E-state index >= 15 is 0 Å². The van der Waals surface area contributed by atoms with Crippen LogP contribution in [0.2, 0.25) is 0 Å². The van der Waals surface area contributed by atoms with E-state index in [4.69, 9.17) is 4.74 Å². The van der Waals surface area contributed by atoms with Gasteiger partial charge in [0.2, 0.25) is 0 Å². The average Bonchev–Trinajstić information content (AvgIpc) is 2.59. The Hall–Kier alpha value is -1.61. The van der Waals surface area contributed by atoms with Crippen LogP contribution in [0.3, 0.4) is 0 Å². The molecule has 0 N–H and O–H groups in total. The molecule has 0 atom stereocenters. The number of ether oxygens (including phenoxy) is 1. The van der Waals surface area contributed by atoms with Crippen LogP contribution in [0.1, 0.15) is 5.56 Å². The van der Waals surface area contributed by atoms with E-state index in [0.29, 0.717) is 22.6 Å². The van der Waals surface area contributed by atoms with Crippen molar-refractivity contribution in [2.45, 2.75) is 11.7 Å². The normalized spacial score (nSPS) is 10.9. The molecule has 0 unspecified atom stereocenters. The Bertz CT molecular complexity index is 910. The summed E-state index contributed by atoms with van der Waals surface area (Å²) in [4.78, 5) is 21.3. The zero-order chi connectivity index (χ0) is 16.4. The lowest BCUT2D eigenvalue weighted by atomic mass is 10.2. The number of thioether (sulfide) groups is 1. The molecule has 2 aromatic heterocycles. The molecule has 0 aliphatic rings. The maximum atomic E-state index is 12.7. The first kappa shape index (κ1) is 16.3. The van der Waals surface area contributed by atoms with E-state index < -0.39 is 0 Å². The number of pyridine rings is 1. The van der Waals surface area contributed by atoms with Crippen molar-refractivity contribution in [2.24, 2.45) is 0 Å². The van der Waals surface area contributed by atoms with Crippen molar-refractivity contribution in [3.63, 3.8) is 0 Å². The molecule has 0 aliphatic carbocycles. The van der Waals surface area contributed by atoms with E-state index in [1.807, 2.05) is 36.7 Å². The van der Waals surface area contributed by atoms with Crippen LogP contribution in [0, 0.1) is 3.57 Å². The van der Waals surface area contributed by atoms with Gasteiger partial charge in [0.05, 0.1) is 28.1 Å². The lowest BCUT2D eigenvalue weighted by molar-refractivity contribution is 0.414. The summed E-state index contributed by atoms with van der Waals surface area (Å²) in [6.45, 7) is 0.499. The van der Waals surface area contributed by atoms with Crippen LogP contribution < -0.4 is 10.3 Å². The predicted molar refractivity (Wildman–Crippen MR) is 100 cm³/mol. The van der Waals surface area contributed by atoms with Crippen molar-refractivity contribution in [3.05, 3.63) is 56.1 Å². The van der Waals surface area contributed by atoms with Gasteiger partial charge in [0.1, 0.15) is 5.75 Å². The second-order valence-corrected chi connectivity index (χ2v) is 6.81. The minimum Gasteiger partial charge on any atom is -0.497 e. The van der Waals surface area contributed by atoms with Crippen molar-refractivity contribution < 1.29 is 4.74 Å². The molecule has 0 fully saturated rings. The highest BCUT2D eigenvalue weighted by Gasteiger charge is 2.10. The summed E-state index contributed by atoms with van der Waals surface area (Å²) in [6.07, 6.45) is 5.37. The first-order chi connectivity index (χ1) is 11.1. The number of methoxy groups -OCH3 is 1. The summed E-state index contributed by atoms with van der Waals surface area (Å²) in [6, 6.07) is 7.69. The molecule has 0 amide bonds. The van der Waals surface area contributed by atoms with Gasteiger partial charge in [-0.1, -0.05) is 23.9 Å². The lowest BCUT2D eigenvalue weighted by Crippen LogP contribution is -2.21. The molecule has 0 radical (unpaired) electrons. The second-order valence-electron chi connectivity index (χ2n) is 4.88. The molecule has 118 valence electrons. The number of nitrogens with zero attached hydrogens (tertiary/aromatic N) is 3. The van der Waals surface area contributed by atoms with E-state index in [0.717, 1.165) is 14.9 Å². The Balaban J connectivity index is 2.04. The highest BCUT2D eigenvalue weighted by molar-refractivity contribution is 14.1. The third-order valence-electron chi connectivity index (χ3n) is 3.45. The van der Waals surface area contributed by atoms with Crippen LogP contribution in [0.5, 0.6) is 5.75 Å². The zero-order valence-electron chi connectivity index (χ0n) is 12.6. The highest BCUT2D eigenvalue weighted by Crippen LogP contribution is 2.19. The smallest absolute Gasteiger partial charge is 0.261 e. The maximum absolute atomic E-state index is 12.7. The van der Waals surface area contributed by atoms with Gasteiger partial charge in [0.25, 0.3) is 5.56 Å². The Morgan fingerprint density at radius 3 is 2.70 bits per heavy atom. The average molecular weight is 439 g/mol.